The third-order valence-corrected chi connectivity index (χ3v) is 5.08. The molecule has 3 rings (SSSR count). The number of halogens is 6. The first-order valence-electron chi connectivity index (χ1n) is 8.30. The lowest BCUT2D eigenvalue weighted by Gasteiger charge is -2.16. The van der Waals surface area contributed by atoms with Gasteiger partial charge < -0.3 is 5.21 Å². The molecule has 0 aliphatic heterocycles. The average Bonchev–Trinajstić information content (AvgIpc) is 2.71. The van der Waals surface area contributed by atoms with E-state index in [1.807, 2.05) is 36.4 Å². The molecule has 0 aliphatic carbocycles. The van der Waals surface area contributed by atoms with E-state index in [4.69, 9.17) is 74.8 Å². The van der Waals surface area contributed by atoms with Crippen LogP contribution in [-0.4, -0.2) is 25.9 Å². The third kappa shape index (κ3) is 5.28. The van der Waals surface area contributed by atoms with Crippen molar-refractivity contribution in [1.29, 1.82) is 0 Å². The minimum Gasteiger partial charge on any atom is -0.411 e. The Morgan fingerprint density at radius 1 is 0.767 bits per heavy atom. The van der Waals surface area contributed by atoms with E-state index in [1.165, 1.54) is 0 Å². The van der Waals surface area contributed by atoms with Crippen LogP contribution in [0.15, 0.2) is 53.7 Å². The first-order chi connectivity index (χ1) is 14.0. The van der Waals surface area contributed by atoms with Gasteiger partial charge in [-0.1, -0.05) is 123 Å². The zero-order valence-corrected chi connectivity index (χ0v) is 19.7. The number of alkyl halides is 6. The normalized spacial score (nSPS) is 12.8. The summed E-state index contributed by atoms with van der Waals surface area (Å²) in [6.07, 6.45) is 0. The van der Waals surface area contributed by atoms with Crippen LogP contribution in [0.25, 0.3) is 22.5 Å². The molecule has 0 aliphatic rings. The van der Waals surface area contributed by atoms with Crippen LogP contribution in [0.3, 0.4) is 0 Å². The maximum atomic E-state index is 9.14. The summed E-state index contributed by atoms with van der Waals surface area (Å²) in [6, 6.07) is 14.8. The Bertz CT molecular complexity index is 1060. The topological polar surface area (TPSA) is 71.3 Å². The van der Waals surface area contributed by atoms with Crippen molar-refractivity contribution >= 4 is 75.3 Å². The molecule has 30 heavy (non-hydrogen) atoms. The van der Waals surface area contributed by atoms with Crippen LogP contribution in [-0.2, 0) is 7.59 Å². The number of nitrogens with zero attached hydrogens (tertiary/aromatic N) is 4. The number of hydrogen-bond acceptors (Lipinski definition) is 5. The van der Waals surface area contributed by atoms with E-state index >= 15 is 0 Å². The van der Waals surface area contributed by atoms with Gasteiger partial charge in [-0.3, -0.25) is 0 Å². The molecule has 0 fully saturated rings. The van der Waals surface area contributed by atoms with Crippen LogP contribution in [0.4, 0.5) is 0 Å². The quantitative estimate of drug-likeness (QED) is 0.172. The molecule has 2 aromatic carbocycles. The molecule has 5 nitrogen and oxygen atoms in total. The summed E-state index contributed by atoms with van der Waals surface area (Å²) in [5.74, 6) is -0.147. The van der Waals surface area contributed by atoms with Crippen molar-refractivity contribution in [3.05, 3.63) is 65.7 Å². The van der Waals surface area contributed by atoms with Crippen LogP contribution in [0.1, 0.15) is 24.1 Å². The van der Waals surface area contributed by atoms with Crippen molar-refractivity contribution in [2.75, 3.05) is 0 Å². The summed E-state index contributed by atoms with van der Waals surface area (Å²) in [6.45, 7) is 1.72. The van der Waals surface area contributed by atoms with Gasteiger partial charge in [-0.25, -0.2) is 15.0 Å². The molecule has 0 spiro atoms. The van der Waals surface area contributed by atoms with E-state index in [0.29, 0.717) is 11.3 Å². The van der Waals surface area contributed by atoms with Crippen molar-refractivity contribution in [1.82, 2.24) is 15.0 Å². The third-order valence-electron chi connectivity index (χ3n) is 4.06. The van der Waals surface area contributed by atoms with Crippen molar-refractivity contribution in [2.45, 2.75) is 14.5 Å². The second kappa shape index (κ2) is 9.03. The molecule has 0 radical (unpaired) electrons. The van der Waals surface area contributed by atoms with E-state index in [9.17, 15) is 0 Å². The molecule has 156 valence electrons. The van der Waals surface area contributed by atoms with E-state index in [0.717, 1.165) is 16.7 Å². The maximum absolute atomic E-state index is 9.14. The van der Waals surface area contributed by atoms with Gasteiger partial charge in [0.1, 0.15) is 0 Å². The zero-order valence-electron chi connectivity index (χ0n) is 15.1. The highest BCUT2D eigenvalue weighted by molar-refractivity contribution is 6.67. The van der Waals surface area contributed by atoms with Crippen LogP contribution >= 0.6 is 69.6 Å². The zero-order chi connectivity index (χ0) is 22.1. The molecular formula is C19H12Cl6N4O. The minimum atomic E-state index is -1.93. The summed E-state index contributed by atoms with van der Waals surface area (Å²) in [4.78, 5) is 12.4. The molecule has 11 heteroatoms. The highest BCUT2D eigenvalue weighted by Crippen LogP contribution is 2.40. The van der Waals surface area contributed by atoms with E-state index < -0.39 is 7.59 Å². The number of rotatable bonds is 3. The molecule has 0 atom stereocenters. The minimum absolute atomic E-state index is 0.164. The summed E-state index contributed by atoms with van der Waals surface area (Å²) in [5.41, 5.74) is 3.66. The smallest absolute Gasteiger partial charge is 0.250 e. The molecule has 0 bridgehead atoms. The molecule has 0 unspecified atom stereocenters. The average molecular weight is 525 g/mol. The number of oxime groups is 1. The van der Waals surface area contributed by atoms with Gasteiger partial charge in [-0.05, 0) is 18.1 Å². The van der Waals surface area contributed by atoms with Gasteiger partial charge in [0, 0.05) is 11.1 Å². The molecule has 3 aromatic rings. The van der Waals surface area contributed by atoms with E-state index in [-0.39, 0.29) is 17.5 Å². The second-order valence-corrected chi connectivity index (χ2v) is 10.7. The molecular weight excluding hydrogens is 513 g/mol. The lowest BCUT2D eigenvalue weighted by molar-refractivity contribution is 0.319. The molecule has 1 heterocycles. The summed E-state index contributed by atoms with van der Waals surface area (Å²) in [7, 11) is 0. The fourth-order valence-electron chi connectivity index (χ4n) is 2.66. The molecule has 0 amide bonds. The van der Waals surface area contributed by atoms with Crippen molar-refractivity contribution < 1.29 is 5.21 Å². The van der Waals surface area contributed by atoms with Crippen LogP contribution in [0, 0.1) is 0 Å². The Hall–Kier alpha value is -1.34. The van der Waals surface area contributed by atoms with Crippen molar-refractivity contribution in [2.24, 2.45) is 5.16 Å². The van der Waals surface area contributed by atoms with Crippen LogP contribution in [0.2, 0.25) is 0 Å². The lowest BCUT2D eigenvalue weighted by Crippen LogP contribution is -2.16. The van der Waals surface area contributed by atoms with E-state index in [1.54, 1.807) is 19.1 Å². The van der Waals surface area contributed by atoms with Gasteiger partial charge >= 0.3 is 0 Å². The predicted octanol–water partition coefficient (Wildman–Crippen LogP) is 7.06. The van der Waals surface area contributed by atoms with E-state index in [2.05, 4.69) is 20.1 Å². The first kappa shape index (κ1) is 23.3. The molecule has 0 saturated heterocycles. The number of benzene rings is 2. The van der Waals surface area contributed by atoms with Gasteiger partial charge in [-0.2, -0.15) is 0 Å². The highest BCUT2D eigenvalue weighted by atomic mass is 35.6. The predicted molar refractivity (Wildman–Crippen MR) is 123 cm³/mol. The Balaban J connectivity index is 2.08. The number of aromatic nitrogens is 3. The summed E-state index contributed by atoms with van der Waals surface area (Å²) < 4.78 is -3.86. The summed E-state index contributed by atoms with van der Waals surface area (Å²) in [5, 5.41) is 12.4. The Kier molecular flexibility index (Phi) is 7.02. The maximum Gasteiger partial charge on any atom is 0.250 e. The van der Waals surface area contributed by atoms with Crippen molar-refractivity contribution in [3.8, 4) is 22.5 Å². The SMILES string of the molecule is C/C(=N\O)c1ccccc1-c1ccc(-c2nc(C(Cl)(Cl)Cl)nc(C(Cl)(Cl)Cl)n2)cc1. The second-order valence-electron chi connectivity index (χ2n) is 6.11. The first-order valence-corrected chi connectivity index (χ1v) is 10.6. The standard InChI is InChI=1S/C19H12Cl6N4O/c1-10(29-30)13-4-2-3-5-14(13)11-6-8-12(9-7-11)15-26-16(18(20,21)22)28-17(27-15)19(23,24)25/h2-9,30H,1H3/b29-10+. The van der Waals surface area contributed by atoms with Crippen LogP contribution < -0.4 is 0 Å². The summed E-state index contributed by atoms with van der Waals surface area (Å²) >= 11 is 35.5. The van der Waals surface area contributed by atoms with Crippen molar-refractivity contribution in [3.63, 3.8) is 0 Å². The Labute approximate surface area is 202 Å². The molecule has 0 saturated carbocycles. The van der Waals surface area contributed by atoms with Gasteiger partial charge in [0.05, 0.1) is 5.71 Å². The van der Waals surface area contributed by atoms with Gasteiger partial charge in [-0.15, -0.1) is 0 Å². The fourth-order valence-corrected chi connectivity index (χ4v) is 3.17. The monoisotopic (exact) mass is 522 g/mol. The highest BCUT2D eigenvalue weighted by Gasteiger charge is 2.34. The van der Waals surface area contributed by atoms with Gasteiger partial charge in [0.15, 0.2) is 17.5 Å². The Morgan fingerprint density at radius 3 is 1.77 bits per heavy atom. The largest absolute Gasteiger partial charge is 0.411 e. The molecule has 1 N–H and O–H groups in total. The Morgan fingerprint density at radius 2 is 1.27 bits per heavy atom. The van der Waals surface area contributed by atoms with Gasteiger partial charge in [0.25, 0.3) is 0 Å². The fraction of sp³-hybridized carbons (Fsp3) is 0.158. The van der Waals surface area contributed by atoms with Gasteiger partial charge in [0.2, 0.25) is 7.59 Å². The lowest BCUT2D eigenvalue weighted by atomic mass is 9.96. The molecule has 1 aromatic heterocycles. The number of hydrogen-bond donors (Lipinski definition) is 1. The van der Waals surface area contributed by atoms with Crippen LogP contribution in [0.5, 0.6) is 0 Å².